The van der Waals surface area contributed by atoms with Gasteiger partial charge in [-0.25, -0.2) is 4.39 Å². The van der Waals surface area contributed by atoms with Gasteiger partial charge in [-0.05, 0) is 73.1 Å². The molecule has 0 bridgehead atoms. The summed E-state index contributed by atoms with van der Waals surface area (Å²) in [7, 11) is 1.64. The molecule has 0 aromatic heterocycles. The maximum atomic E-state index is 14.1. The van der Waals surface area contributed by atoms with Gasteiger partial charge in [0.1, 0.15) is 12.3 Å². The molecular formula is C24H36FNO3. The van der Waals surface area contributed by atoms with Crippen molar-refractivity contribution < 1.29 is 19.0 Å². The number of aliphatic hydroxyl groups is 1. The SMILES string of the molecule is COc1cc2c(cc1OC1CCCC1F)CCN1C[C@@H](CC(C)(C)C)[C@H](O)C[C@H]21. The Hall–Kier alpha value is -1.33. The van der Waals surface area contributed by atoms with Crippen molar-refractivity contribution in [1.29, 1.82) is 0 Å². The molecule has 2 unspecified atom stereocenters. The van der Waals surface area contributed by atoms with Gasteiger partial charge in [-0.15, -0.1) is 0 Å². The number of aliphatic hydroxyl groups excluding tert-OH is 1. The van der Waals surface area contributed by atoms with E-state index in [1.165, 1.54) is 11.1 Å². The number of alkyl halides is 1. The van der Waals surface area contributed by atoms with Crippen LogP contribution in [0.25, 0.3) is 0 Å². The third-order valence-corrected chi connectivity index (χ3v) is 6.90. The summed E-state index contributed by atoms with van der Waals surface area (Å²) in [5, 5.41) is 10.9. The average molecular weight is 406 g/mol. The first kappa shape index (κ1) is 20.9. The Morgan fingerprint density at radius 2 is 2.00 bits per heavy atom. The Balaban J connectivity index is 1.56. The van der Waals surface area contributed by atoms with Crippen LogP contribution in [0, 0.1) is 11.3 Å². The van der Waals surface area contributed by atoms with Crippen molar-refractivity contribution in [1.82, 2.24) is 4.90 Å². The normalized spacial score (nSPS) is 32.6. The van der Waals surface area contributed by atoms with Gasteiger partial charge in [0.25, 0.3) is 0 Å². The van der Waals surface area contributed by atoms with Crippen molar-refractivity contribution in [2.24, 2.45) is 11.3 Å². The highest BCUT2D eigenvalue weighted by atomic mass is 19.1. The summed E-state index contributed by atoms with van der Waals surface area (Å²) in [6.07, 6.45) is 3.43. The Morgan fingerprint density at radius 1 is 1.21 bits per heavy atom. The predicted octanol–water partition coefficient (Wildman–Crippen LogP) is 4.68. The standard InChI is InChI=1S/C24H36FNO3/c1-24(2,3)13-16-14-26-9-8-15-10-23(29-21-7-5-6-18(21)25)22(28-4)11-17(15)19(26)12-20(16)27/h10-11,16,18-21,27H,5-9,12-14H2,1-4H3/t16-,18?,19-,20-,21?/m1/s1. The van der Waals surface area contributed by atoms with E-state index in [9.17, 15) is 9.50 Å². The quantitative estimate of drug-likeness (QED) is 0.790. The summed E-state index contributed by atoms with van der Waals surface area (Å²) >= 11 is 0. The van der Waals surface area contributed by atoms with Crippen LogP contribution >= 0.6 is 0 Å². The molecule has 5 atom stereocenters. The average Bonchev–Trinajstić information content (AvgIpc) is 3.05. The molecule has 2 fully saturated rings. The van der Waals surface area contributed by atoms with Gasteiger partial charge in [-0.1, -0.05) is 20.8 Å². The van der Waals surface area contributed by atoms with Crippen LogP contribution in [-0.4, -0.2) is 48.6 Å². The molecule has 1 N–H and O–H groups in total. The lowest BCUT2D eigenvalue weighted by Gasteiger charge is -2.47. The van der Waals surface area contributed by atoms with Crippen LogP contribution in [0.2, 0.25) is 0 Å². The van der Waals surface area contributed by atoms with Gasteiger partial charge in [0.05, 0.1) is 13.2 Å². The second-order valence-corrected chi connectivity index (χ2v) is 10.4. The molecule has 1 saturated heterocycles. The molecule has 1 aromatic carbocycles. The third kappa shape index (κ3) is 4.41. The van der Waals surface area contributed by atoms with E-state index >= 15 is 0 Å². The molecule has 29 heavy (non-hydrogen) atoms. The van der Waals surface area contributed by atoms with E-state index in [2.05, 4.69) is 37.8 Å². The zero-order chi connectivity index (χ0) is 20.8. The van der Waals surface area contributed by atoms with E-state index in [1.807, 2.05) is 0 Å². The monoisotopic (exact) mass is 405 g/mol. The molecule has 4 nitrogen and oxygen atoms in total. The van der Waals surface area contributed by atoms with Gasteiger partial charge in [-0.2, -0.15) is 0 Å². The Kier molecular flexibility index (Phi) is 5.82. The van der Waals surface area contributed by atoms with E-state index in [-0.39, 0.29) is 23.7 Å². The van der Waals surface area contributed by atoms with E-state index < -0.39 is 6.17 Å². The van der Waals surface area contributed by atoms with Crippen LogP contribution in [0.4, 0.5) is 4.39 Å². The number of hydrogen-bond acceptors (Lipinski definition) is 4. The fraction of sp³-hybridized carbons (Fsp3) is 0.750. The van der Waals surface area contributed by atoms with Crippen molar-refractivity contribution in [2.45, 2.75) is 83.7 Å². The topological polar surface area (TPSA) is 41.9 Å². The molecule has 5 heteroatoms. The van der Waals surface area contributed by atoms with Crippen LogP contribution in [0.3, 0.4) is 0 Å². The molecule has 2 aliphatic heterocycles. The lowest BCUT2D eigenvalue weighted by atomic mass is 9.75. The molecule has 4 rings (SSSR count). The van der Waals surface area contributed by atoms with Crippen molar-refractivity contribution in [2.75, 3.05) is 20.2 Å². The highest BCUT2D eigenvalue weighted by molar-refractivity contribution is 5.50. The Labute approximate surface area is 174 Å². The van der Waals surface area contributed by atoms with Gasteiger partial charge in [0, 0.05) is 19.1 Å². The first-order valence-electron chi connectivity index (χ1n) is 11.2. The summed E-state index contributed by atoms with van der Waals surface area (Å²) in [6.45, 7) is 8.67. The van der Waals surface area contributed by atoms with Gasteiger partial charge >= 0.3 is 0 Å². The van der Waals surface area contributed by atoms with Gasteiger partial charge in [0.2, 0.25) is 0 Å². The molecule has 2 heterocycles. The number of benzene rings is 1. The highest BCUT2D eigenvalue weighted by Gasteiger charge is 2.40. The lowest BCUT2D eigenvalue weighted by molar-refractivity contribution is -0.0259. The van der Waals surface area contributed by atoms with E-state index in [1.54, 1.807) is 7.11 Å². The minimum Gasteiger partial charge on any atom is -0.493 e. The zero-order valence-corrected chi connectivity index (χ0v) is 18.3. The number of methoxy groups -OCH3 is 1. The first-order valence-corrected chi connectivity index (χ1v) is 11.2. The Morgan fingerprint density at radius 3 is 2.66 bits per heavy atom. The van der Waals surface area contributed by atoms with Crippen LogP contribution in [-0.2, 0) is 6.42 Å². The fourth-order valence-electron chi connectivity index (χ4n) is 5.52. The number of halogens is 1. The number of piperidine rings is 1. The lowest BCUT2D eigenvalue weighted by Crippen LogP contribution is -2.48. The molecule has 0 amide bonds. The number of fused-ring (bicyclic) bond motifs is 3. The molecule has 3 aliphatic rings. The predicted molar refractivity (Wildman–Crippen MR) is 112 cm³/mol. The number of hydrogen-bond donors (Lipinski definition) is 1. The summed E-state index contributed by atoms with van der Waals surface area (Å²) in [5.41, 5.74) is 2.70. The van der Waals surface area contributed by atoms with Crippen LogP contribution in [0.15, 0.2) is 12.1 Å². The summed E-state index contributed by atoms with van der Waals surface area (Å²) < 4.78 is 25.7. The summed E-state index contributed by atoms with van der Waals surface area (Å²) in [6, 6.07) is 4.35. The number of nitrogens with zero attached hydrogens (tertiary/aromatic N) is 1. The van der Waals surface area contributed by atoms with Gasteiger partial charge in [-0.3, -0.25) is 4.90 Å². The smallest absolute Gasteiger partial charge is 0.162 e. The summed E-state index contributed by atoms with van der Waals surface area (Å²) in [5.74, 6) is 1.66. The molecule has 1 saturated carbocycles. The molecular weight excluding hydrogens is 369 g/mol. The van der Waals surface area contributed by atoms with Crippen molar-refractivity contribution in [3.05, 3.63) is 23.3 Å². The molecule has 1 aliphatic carbocycles. The fourth-order valence-corrected chi connectivity index (χ4v) is 5.52. The maximum absolute atomic E-state index is 14.1. The molecule has 0 radical (unpaired) electrons. The van der Waals surface area contributed by atoms with Gasteiger partial charge < -0.3 is 14.6 Å². The largest absolute Gasteiger partial charge is 0.493 e. The van der Waals surface area contributed by atoms with Crippen LogP contribution in [0.1, 0.15) is 70.0 Å². The van der Waals surface area contributed by atoms with Crippen molar-refractivity contribution in [3.63, 3.8) is 0 Å². The highest BCUT2D eigenvalue weighted by Crippen LogP contribution is 2.45. The number of ether oxygens (including phenoxy) is 2. The minimum absolute atomic E-state index is 0.216. The molecule has 0 spiro atoms. The van der Waals surface area contributed by atoms with Crippen LogP contribution < -0.4 is 9.47 Å². The first-order chi connectivity index (χ1) is 13.7. The minimum atomic E-state index is -0.889. The van der Waals surface area contributed by atoms with Gasteiger partial charge in [0.15, 0.2) is 11.5 Å². The van der Waals surface area contributed by atoms with E-state index in [4.69, 9.17) is 9.47 Å². The third-order valence-electron chi connectivity index (χ3n) is 6.90. The second kappa shape index (κ2) is 8.07. The van der Waals surface area contributed by atoms with Crippen molar-refractivity contribution in [3.8, 4) is 11.5 Å². The number of rotatable bonds is 4. The van der Waals surface area contributed by atoms with Crippen molar-refractivity contribution >= 4 is 0 Å². The second-order valence-electron chi connectivity index (χ2n) is 10.4. The van der Waals surface area contributed by atoms with Crippen LogP contribution in [0.5, 0.6) is 11.5 Å². The summed E-state index contributed by atoms with van der Waals surface area (Å²) in [4.78, 5) is 2.53. The molecule has 162 valence electrons. The maximum Gasteiger partial charge on any atom is 0.162 e. The van der Waals surface area contributed by atoms with E-state index in [0.717, 1.165) is 45.2 Å². The zero-order valence-electron chi connectivity index (χ0n) is 18.3. The Bertz CT molecular complexity index is 732. The molecule has 1 aromatic rings. The van der Waals surface area contributed by atoms with E-state index in [0.29, 0.717) is 23.8 Å².